The minimum absolute atomic E-state index is 0.101. The van der Waals surface area contributed by atoms with Gasteiger partial charge in [0.15, 0.2) is 0 Å². The Bertz CT molecular complexity index is 683. The molecule has 2 aromatic rings. The molecule has 0 heterocycles. The molecule has 0 unspecified atom stereocenters. The van der Waals surface area contributed by atoms with E-state index >= 15 is 0 Å². The first kappa shape index (κ1) is 16.7. The molecule has 0 aliphatic carbocycles. The van der Waals surface area contributed by atoms with E-state index in [-0.39, 0.29) is 18.4 Å². The molecule has 1 atom stereocenters. The summed E-state index contributed by atoms with van der Waals surface area (Å²) in [7, 11) is 1.72. The van der Waals surface area contributed by atoms with Gasteiger partial charge in [0.1, 0.15) is 0 Å². The van der Waals surface area contributed by atoms with Crippen molar-refractivity contribution in [2.75, 3.05) is 7.05 Å². The van der Waals surface area contributed by atoms with Crippen molar-refractivity contribution in [2.45, 2.75) is 25.8 Å². The van der Waals surface area contributed by atoms with Crippen LogP contribution in [0.25, 0.3) is 0 Å². The lowest BCUT2D eigenvalue weighted by atomic mass is 10.0. The van der Waals surface area contributed by atoms with Crippen LogP contribution in [0.5, 0.6) is 0 Å². The minimum atomic E-state index is -0.408. The zero-order valence-electron chi connectivity index (χ0n) is 13.5. The lowest BCUT2D eigenvalue weighted by Crippen LogP contribution is -2.41. The fraction of sp³-hybridized carbons (Fsp3) is 0.263. The van der Waals surface area contributed by atoms with Crippen molar-refractivity contribution in [1.29, 1.82) is 0 Å². The van der Waals surface area contributed by atoms with Crippen LogP contribution in [0.4, 0.5) is 0 Å². The van der Waals surface area contributed by atoms with Crippen molar-refractivity contribution < 1.29 is 9.59 Å². The number of hydrogen-bond acceptors (Lipinski definition) is 2. The Labute approximate surface area is 136 Å². The fourth-order valence-electron chi connectivity index (χ4n) is 2.61. The first-order valence-corrected chi connectivity index (χ1v) is 7.63. The number of carbonyl (C=O) groups excluding carboxylic acids is 2. The molecule has 4 heteroatoms. The zero-order valence-corrected chi connectivity index (χ0v) is 13.5. The van der Waals surface area contributed by atoms with Crippen LogP contribution in [0, 0.1) is 6.92 Å². The normalized spacial score (nSPS) is 11.7. The largest absolute Gasteiger partial charge is 0.370 e. The molecule has 23 heavy (non-hydrogen) atoms. The van der Waals surface area contributed by atoms with E-state index in [1.807, 2.05) is 55.5 Å². The SMILES string of the molecule is Cc1cccc(C(=O)N(C)[C@H](CC(N)=O)Cc2ccccc2)c1. The predicted octanol–water partition coefficient (Wildman–Crippen LogP) is 2.55. The van der Waals surface area contributed by atoms with Crippen molar-refractivity contribution in [3.05, 3.63) is 71.3 Å². The minimum Gasteiger partial charge on any atom is -0.370 e. The monoisotopic (exact) mass is 310 g/mol. The van der Waals surface area contributed by atoms with Gasteiger partial charge in [0.05, 0.1) is 0 Å². The number of aryl methyl sites for hydroxylation is 1. The maximum atomic E-state index is 12.7. The number of likely N-dealkylation sites (N-methyl/N-ethyl adjacent to an activating group) is 1. The molecular weight excluding hydrogens is 288 g/mol. The molecule has 0 aliphatic heterocycles. The van der Waals surface area contributed by atoms with Gasteiger partial charge in [-0.2, -0.15) is 0 Å². The van der Waals surface area contributed by atoms with E-state index in [2.05, 4.69) is 0 Å². The second-order valence-electron chi connectivity index (χ2n) is 5.80. The topological polar surface area (TPSA) is 63.4 Å². The van der Waals surface area contributed by atoms with Crippen molar-refractivity contribution >= 4 is 11.8 Å². The third-order valence-electron chi connectivity index (χ3n) is 3.88. The summed E-state index contributed by atoms with van der Waals surface area (Å²) in [6, 6.07) is 17.0. The summed E-state index contributed by atoms with van der Waals surface area (Å²) in [6.07, 6.45) is 0.737. The van der Waals surface area contributed by atoms with Gasteiger partial charge in [-0.05, 0) is 31.0 Å². The highest BCUT2D eigenvalue weighted by Gasteiger charge is 2.23. The predicted molar refractivity (Wildman–Crippen MR) is 91.0 cm³/mol. The molecule has 0 spiro atoms. The number of rotatable bonds is 6. The number of nitrogens with zero attached hydrogens (tertiary/aromatic N) is 1. The van der Waals surface area contributed by atoms with Crippen LogP contribution in [0.1, 0.15) is 27.9 Å². The first-order chi connectivity index (χ1) is 11.0. The van der Waals surface area contributed by atoms with Crippen LogP contribution in [0.2, 0.25) is 0 Å². The summed E-state index contributed by atoms with van der Waals surface area (Å²) < 4.78 is 0. The molecule has 0 radical (unpaired) electrons. The van der Waals surface area contributed by atoms with E-state index in [0.717, 1.165) is 11.1 Å². The van der Waals surface area contributed by atoms with Crippen molar-refractivity contribution in [1.82, 2.24) is 4.90 Å². The Morgan fingerprint density at radius 2 is 1.78 bits per heavy atom. The number of amides is 2. The van der Waals surface area contributed by atoms with E-state index in [4.69, 9.17) is 5.73 Å². The summed E-state index contributed by atoms with van der Waals surface area (Å²) in [4.78, 5) is 25.7. The second kappa shape index (κ2) is 7.58. The molecule has 2 N–H and O–H groups in total. The Kier molecular flexibility index (Phi) is 5.52. The van der Waals surface area contributed by atoms with Crippen molar-refractivity contribution in [3.63, 3.8) is 0 Å². The highest BCUT2D eigenvalue weighted by atomic mass is 16.2. The van der Waals surface area contributed by atoms with E-state index in [9.17, 15) is 9.59 Å². The number of carbonyl (C=O) groups is 2. The average Bonchev–Trinajstić information content (AvgIpc) is 2.53. The van der Waals surface area contributed by atoms with Crippen LogP contribution < -0.4 is 5.73 Å². The Morgan fingerprint density at radius 1 is 1.09 bits per heavy atom. The third kappa shape index (κ3) is 4.68. The summed E-state index contributed by atoms with van der Waals surface area (Å²) >= 11 is 0. The van der Waals surface area contributed by atoms with Gasteiger partial charge in [0.25, 0.3) is 5.91 Å². The first-order valence-electron chi connectivity index (χ1n) is 7.63. The summed E-state index contributed by atoms with van der Waals surface area (Å²) in [5.74, 6) is -0.509. The Hall–Kier alpha value is -2.62. The summed E-state index contributed by atoms with van der Waals surface area (Å²) in [5, 5.41) is 0. The highest BCUT2D eigenvalue weighted by molar-refractivity contribution is 5.94. The van der Waals surface area contributed by atoms with Gasteiger partial charge in [0, 0.05) is 25.1 Å². The summed E-state index contributed by atoms with van der Waals surface area (Å²) in [5.41, 5.74) is 8.09. The Balaban J connectivity index is 2.20. The molecule has 0 aliphatic rings. The number of benzene rings is 2. The van der Waals surface area contributed by atoms with Crippen LogP contribution in [-0.2, 0) is 11.2 Å². The van der Waals surface area contributed by atoms with Gasteiger partial charge >= 0.3 is 0 Å². The van der Waals surface area contributed by atoms with Gasteiger partial charge < -0.3 is 10.6 Å². The lowest BCUT2D eigenvalue weighted by Gasteiger charge is -2.28. The molecule has 2 rings (SSSR count). The van der Waals surface area contributed by atoms with Crippen LogP contribution >= 0.6 is 0 Å². The molecule has 0 bridgehead atoms. The molecular formula is C19H22N2O2. The fourth-order valence-corrected chi connectivity index (χ4v) is 2.61. The number of nitrogens with two attached hydrogens (primary N) is 1. The van der Waals surface area contributed by atoms with E-state index in [0.29, 0.717) is 12.0 Å². The van der Waals surface area contributed by atoms with Gasteiger partial charge in [0.2, 0.25) is 5.91 Å². The number of primary amides is 1. The van der Waals surface area contributed by atoms with Crippen molar-refractivity contribution in [2.24, 2.45) is 5.73 Å². The smallest absolute Gasteiger partial charge is 0.253 e. The van der Waals surface area contributed by atoms with Gasteiger partial charge in [-0.25, -0.2) is 0 Å². The molecule has 2 aromatic carbocycles. The maximum Gasteiger partial charge on any atom is 0.253 e. The van der Waals surface area contributed by atoms with Gasteiger partial charge in [-0.3, -0.25) is 9.59 Å². The molecule has 120 valence electrons. The average molecular weight is 310 g/mol. The third-order valence-corrected chi connectivity index (χ3v) is 3.88. The van der Waals surface area contributed by atoms with Gasteiger partial charge in [-0.15, -0.1) is 0 Å². The van der Waals surface area contributed by atoms with E-state index in [1.54, 1.807) is 18.0 Å². The van der Waals surface area contributed by atoms with Crippen LogP contribution in [0.15, 0.2) is 54.6 Å². The lowest BCUT2D eigenvalue weighted by molar-refractivity contribution is -0.118. The van der Waals surface area contributed by atoms with E-state index in [1.165, 1.54) is 0 Å². The highest BCUT2D eigenvalue weighted by Crippen LogP contribution is 2.15. The summed E-state index contributed by atoms with van der Waals surface area (Å²) in [6.45, 7) is 1.95. The standard InChI is InChI=1S/C19H22N2O2/c1-14-7-6-10-16(11-14)19(23)21(2)17(13-18(20)22)12-15-8-4-3-5-9-15/h3-11,17H,12-13H2,1-2H3,(H2,20,22)/t17-/m0/s1. The number of hydrogen-bond donors (Lipinski definition) is 1. The Morgan fingerprint density at radius 3 is 2.39 bits per heavy atom. The van der Waals surface area contributed by atoms with E-state index < -0.39 is 5.91 Å². The van der Waals surface area contributed by atoms with Gasteiger partial charge in [-0.1, -0.05) is 48.0 Å². The maximum absolute atomic E-state index is 12.7. The molecule has 0 fully saturated rings. The molecule has 0 aromatic heterocycles. The van der Waals surface area contributed by atoms with Crippen LogP contribution in [-0.4, -0.2) is 29.8 Å². The quantitative estimate of drug-likeness (QED) is 0.891. The second-order valence-corrected chi connectivity index (χ2v) is 5.80. The molecule has 4 nitrogen and oxygen atoms in total. The molecule has 0 saturated carbocycles. The van der Waals surface area contributed by atoms with Crippen molar-refractivity contribution in [3.8, 4) is 0 Å². The van der Waals surface area contributed by atoms with Crippen LogP contribution in [0.3, 0.4) is 0 Å². The zero-order chi connectivity index (χ0) is 16.8. The molecule has 2 amide bonds. The molecule has 0 saturated heterocycles.